The van der Waals surface area contributed by atoms with E-state index in [-0.39, 0.29) is 0 Å². The molecule has 1 heterocycles. The highest BCUT2D eigenvalue weighted by Gasteiger charge is 2.18. The van der Waals surface area contributed by atoms with Crippen molar-refractivity contribution in [3.05, 3.63) is 16.5 Å². The summed E-state index contributed by atoms with van der Waals surface area (Å²) >= 11 is 1.33. The fraction of sp³-hybridized carbons (Fsp3) is 0.500. The molecule has 0 aromatic carbocycles. The summed E-state index contributed by atoms with van der Waals surface area (Å²) in [6, 6.07) is 1.73. The second-order valence-corrected chi connectivity index (χ2v) is 6.19. The second kappa shape index (κ2) is 3.08. The highest BCUT2D eigenvalue weighted by atomic mass is 32.2. The highest BCUT2D eigenvalue weighted by molar-refractivity contribution is 7.91. The number of fused-ring (bicyclic) bond motifs is 1. The first-order valence-electron chi connectivity index (χ1n) is 4.22. The van der Waals surface area contributed by atoms with Gasteiger partial charge in [0.25, 0.3) is 0 Å². The average Bonchev–Trinajstić information content (AvgIpc) is 2.45. The minimum Gasteiger partial charge on any atom is -0.224 e. The third-order valence-electron chi connectivity index (χ3n) is 2.25. The van der Waals surface area contributed by atoms with Crippen molar-refractivity contribution in [2.24, 2.45) is 5.14 Å². The van der Waals surface area contributed by atoms with E-state index in [2.05, 4.69) is 0 Å². The molecule has 0 fully saturated rings. The Morgan fingerprint density at radius 3 is 2.62 bits per heavy atom. The van der Waals surface area contributed by atoms with Crippen molar-refractivity contribution in [1.29, 1.82) is 0 Å². The SMILES string of the molecule is NS(=O)(=O)c1cc2c(s1)CCCC2. The molecule has 3 nitrogen and oxygen atoms in total. The summed E-state index contributed by atoms with van der Waals surface area (Å²) in [6.07, 6.45) is 4.34. The minimum atomic E-state index is -3.48. The van der Waals surface area contributed by atoms with Crippen LogP contribution < -0.4 is 5.14 Å². The van der Waals surface area contributed by atoms with E-state index in [1.54, 1.807) is 6.07 Å². The van der Waals surface area contributed by atoms with Crippen LogP contribution in [0.15, 0.2) is 10.3 Å². The van der Waals surface area contributed by atoms with Gasteiger partial charge < -0.3 is 0 Å². The minimum absolute atomic E-state index is 0.319. The van der Waals surface area contributed by atoms with Crippen molar-refractivity contribution >= 4 is 21.4 Å². The third kappa shape index (κ3) is 1.77. The fourth-order valence-electron chi connectivity index (χ4n) is 1.60. The Balaban J connectivity index is 2.47. The molecule has 2 rings (SSSR count). The molecule has 13 heavy (non-hydrogen) atoms. The van der Waals surface area contributed by atoms with Crippen LogP contribution in [-0.2, 0) is 22.9 Å². The van der Waals surface area contributed by atoms with Crippen molar-refractivity contribution in [3.8, 4) is 0 Å². The maximum absolute atomic E-state index is 11.0. The molecule has 0 atom stereocenters. The van der Waals surface area contributed by atoms with Crippen LogP contribution in [-0.4, -0.2) is 8.42 Å². The molecule has 5 heteroatoms. The Hall–Kier alpha value is -0.390. The zero-order valence-electron chi connectivity index (χ0n) is 7.12. The lowest BCUT2D eigenvalue weighted by Crippen LogP contribution is -2.09. The summed E-state index contributed by atoms with van der Waals surface area (Å²) in [5.41, 5.74) is 1.18. The van der Waals surface area contributed by atoms with Crippen LogP contribution in [0.5, 0.6) is 0 Å². The lowest BCUT2D eigenvalue weighted by atomic mass is 10.00. The van der Waals surface area contributed by atoms with E-state index >= 15 is 0 Å². The molecule has 0 aliphatic heterocycles. The van der Waals surface area contributed by atoms with Gasteiger partial charge in [-0.1, -0.05) is 0 Å². The van der Waals surface area contributed by atoms with Crippen LogP contribution in [0.2, 0.25) is 0 Å². The van der Waals surface area contributed by atoms with Gasteiger partial charge in [-0.2, -0.15) is 0 Å². The largest absolute Gasteiger partial charge is 0.247 e. The van der Waals surface area contributed by atoms with E-state index in [1.807, 2.05) is 0 Å². The van der Waals surface area contributed by atoms with E-state index in [1.165, 1.54) is 21.8 Å². The van der Waals surface area contributed by atoms with Gasteiger partial charge in [0.2, 0.25) is 10.0 Å². The van der Waals surface area contributed by atoms with E-state index in [0.717, 1.165) is 25.7 Å². The quantitative estimate of drug-likeness (QED) is 0.770. The van der Waals surface area contributed by atoms with E-state index < -0.39 is 10.0 Å². The number of hydrogen-bond donors (Lipinski definition) is 1. The molecule has 1 aromatic heterocycles. The first kappa shape index (κ1) is 9.18. The van der Waals surface area contributed by atoms with E-state index in [9.17, 15) is 8.42 Å². The number of rotatable bonds is 1. The topological polar surface area (TPSA) is 60.2 Å². The summed E-state index contributed by atoms with van der Waals surface area (Å²) in [5, 5.41) is 5.05. The zero-order chi connectivity index (χ0) is 9.47. The zero-order valence-corrected chi connectivity index (χ0v) is 8.75. The van der Waals surface area contributed by atoms with E-state index in [0.29, 0.717) is 4.21 Å². The van der Waals surface area contributed by atoms with Crippen molar-refractivity contribution in [2.45, 2.75) is 29.9 Å². The van der Waals surface area contributed by atoms with Crippen molar-refractivity contribution in [2.75, 3.05) is 0 Å². The third-order valence-corrected chi connectivity index (χ3v) is 4.91. The molecular formula is C8H11NO2S2. The van der Waals surface area contributed by atoms with Gasteiger partial charge in [0.15, 0.2) is 0 Å². The Kier molecular flexibility index (Phi) is 2.17. The molecule has 0 saturated carbocycles. The molecule has 0 unspecified atom stereocenters. The Morgan fingerprint density at radius 1 is 1.31 bits per heavy atom. The molecule has 0 bridgehead atoms. The summed E-state index contributed by atoms with van der Waals surface area (Å²) in [5.74, 6) is 0. The predicted octanol–water partition coefficient (Wildman–Crippen LogP) is 1.27. The number of primary sulfonamides is 1. The molecule has 0 radical (unpaired) electrons. The fourth-order valence-corrected chi connectivity index (χ4v) is 3.66. The molecule has 1 aliphatic carbocycles. The summed E-state index contributed by atoms with van der Waals surface area (Å²) in [4.78, 5) is 1.20. The Morgan fingerprint density at radius 2 is 2.00 bits per heavy atom. The van der Waals surface area contributed by atoms with Crippen molar-refractivity contribution in [1.82, 2.24) is 0 Å². The Bertz CT molecular complexity index is 396. The van der Waals surface area contributed by atoms with Gasteiger partial charge in [-0.05, 0) is 37.3 Å². The molecule has 72 valence electrons. The van der Waals surface area contributed by atoms with E-state index in [4.69, 9.17) is 5.14 Å². The molecule has 2 N–H and O–H groups in total. The van der Waals surface area contributed by atoms with Crippen LogP contribution in [0.4, 0.5) is 0 Å². The van der Waals surface area contributed by atoms with Crippen molar-refractivity contribution in [3.63, 3.8) is 0 Å². The summed E-state index contributed by atoms with van der Waals surface area (Å²) in [7, 11) is -3.48. The van der Waals surface area contributed by atoms with Crippen LogP contribution in [0.1, 0.15) is 23.3 Å². The second-order valence-electron chi connectivity index (χ2n) is 3.27. The smallest absolute Gasteiger partial charge is 0.224 e. The first-order valence-corrected chi connectivity index (χ1v) is 6.58. The highest BCUT2D eigenvalue weighted by Crippen LogP contribution is 2.31. The van der Waals surface area contributed by atoms with Crippen LogP contribution >= 0.6 is 11.3 Å². The maximum atomic E-state index is 11.0. The summed E-state index contributed by atoms with van der Waals surface area (Å²) in [6.45, 7) is 0. The standard InChI is InChI=1S/C8H11NO2S2/c9-13(10,11)8-5-6-3-1-2-4-7(6)12-8/h5H,1-4H2,(H2,9,10,11). The lowest BCUT2D eigenvalue weighted by molar-refractivity contribution is 0.599. The number of aryl methyl sites for hydroxylation is 2. The van der Waals surface area contributed by atoms with Gasteiger partial charge in [-0.15, -0.1) is 11.3 Å². The monoisotopic (exact) mass is 217 g/mol. The Labute approximate surface area is 81.6 Å². The predicted molar refractivity (Wildman–Crippen MR) is 52.3 cm³/mol. The average molecular weight is 217 g/mol. The van der Waals surface area contributed by atoms with Gasteiger partial charge in [0, 0.05) is 4.88 Å². The molecular weight excluding hydrogens is 206 g/mol. The van der Waals surface area contributed by atoms with Crippen LogP contribution in [0.25, 0.3) is 0 Å². The number of sulfonamides is 1. The lowest BCUT2D eigenvalue weighted by Gasteiger charge is -2.08. The van der Waals surface area contributed by atoms with Gasteiger partial charge in [0.05, 0.1) is 0 Å². The van der Waals surface area contributed by atoms with Crippen LogP contribution in [0, 0.1) is 0 Å². The maximum Gasteiger partial charge on any atom is 0.247 e. The van der Waals surface area contributed by atoms with Gasteiger partial charge in [-0.25, -0.2) is 13.6 Å². The molecule has 0 amide bonds. The molecule has 1 aliphatic rings. The van der Waals surface area contributed by atoms with Gasteiger partial charge in [0.1, 0.15) is 4.21 Å². The number of thiophene rings is 1. The molecule has 1 aromatic rings. The van der Waals surface area contributed by atoms with Gasteiger partial charge >= 0.3 is 0 Å². The number of hydrogen-bond acceptors (Lipinski definition) is 3. The number of nitrogens with two attached hydrogens (primary N) is 1. The molecule has 0 spiro atoms. The normalized spacial score (nSPS) is 17.0. The van der Waals surface area contributed by atoms with Crippen LogP contribution in [0.3, 0.4) is 0 Å². The summed E-state index contributed by atoms with van der Waals surface area (Å²) < 4.78 is 22.4. The van der Waals surface area contributed by atoms with Crippen molar-refractivity contribution < 1.29 is 8.42 Å². The van der Waals surface area contributed by atoms with Gasteiger partial charge in [-0.3, -0.25) is 0 Å². The first-order chi connectivity index (χ1) is 6.07. The molecule has 0 saturated heterocycles.